The molecule has 0 amide bonds. The fourth-order valence-corrected chi connectivity index (χ4v) is 3.32. The Morgan fingerprint density at radius 2 is 1.70 bits per heavy atom. The van der Waals surface area contributed by atoms with E-state index < -0.39 is 22.8 Å². The van der Waals surface area contributed by atoms with Gasteiger partial charge in [0.2, 0.25) is 0 Å². The Morgan fingerprint density at radius 3 is 2.15 bits per heavy atom. The molecule has 5 nitrogen and oxygen atoms in total. The van der Waals surface area contributed by atoms with Crippen molar-refractivity contribution in [1.29, 1.82) is 0 Å². The molecular weight excluding hydrogens is 260 g/mol. The zero-order valence-electron chi connectivity index (χ0n) is 12.2. The quantitative estimate of drug-likeness (QED) is 0.580. The highest BCUT2D eigenvalue weighted by Gasteiger charge is 2.61. The van der Waals surface area contributed by atoms with Crippen LogP contribution in [0.15, 0.2) is 11.6 Å². The number of fused-ring (bicyclic) bond motifs is 1. The van der Waals surface area contributed by atoms with Crippen molar-refractivity contribution in [3.8, 4) is 0 Å². The summed E-state index contributed by atoms with van der Waals surface area (Å²) < 4.78 is 10.2. The average molecular weight is 280 g/mol. The van der Waals surface area contributed by atoms with Crippen molar-refractivity contribution in [3.63, 3.8) is 0 Å². The van der Waals surface area contributed by atoms with E-state index in [4.69, 9.17) is 9.47 Å². The summed E-state index contributed by atoms with van der Waals surface area (Å²) in [7, 11) is 0. The molecule has 0 N–H and O–H groups in total. The first-order valence-corrected chi connectivity index (χ1v) is 6.96. The molecule has 2 aliphatic rings. The lowest BCUT2D eigenvalue weighted by Crippen LogP contribution is -2.41. The molecular formula is C15H20O5. The number of hydrogen-bond acceptors (Lipinski definition) is 5. The zero-order valence-corrected chi connectivity index (χ0v) is 12.2. The third-order valence-electron chi connectivity index (χ3n) is 4.19. The van der Waals surface area contributed by atoms with Crippen molar-refractivity contribution in [2.24, 2.45) is 10.8 Å². The summed E-state index contributed by atoms with van der Waals surface area (Å²) in [4.78, 5) is 36.2. The molecule has 0 aromatic carbocycles. The van der Waals surface area contributed by atoms with E-state index in [1.165, 1.54) is 0 Å². The highest BCUT2D eigenvalue weighted by Crippen LogP contribution is 2.58. The van der Waals surface area contributed by atoms with Crippen molar-refractivity contribution in [1.82, 2.24) is 0 Å². The number of carbonyl (C=O) groups excluding carboxylic acids is 3. The van der Waals surface area contributed by atoms with Gasteiger partial charge >= 0.3 is 11.9 Å². The molecule has 2 aliphatic carbocycles. The number of rotatable bonds is 4. The fraction of sp³-hybridized carbons (Fsp3) is 0.667. The van der Waals surface area contributed by atoms with Crippen LogP contribution in [0.4, 0.5) is 0 Å². The topological polar surface area (TPSA) is 69.7 Å². The Morgan fingerprint density at radius 1 is 1.15 bits per heavy atom. The number of esters is 2. The molecule has 0 aromatic rings. The van der Waals surface area contributed by atoms with Crippen molar-refractivity contribution in [3.05, 3.63) is 11.6 Å². The molecule has 20 heavy (non-hydrogen) atoms. The predicted molar refractivity (Wildman–Crippen MR) is 70.7 cm³/mol. The Kier molecular flexibility index (Phi) is 3.71. The zero-order chi connectivity index (χ0) is 15.0. The number of carbonyl (C=O) groups is 3. The minimum atomic E-state index is -1.28. The highest BCUT2D eigenvalue weighted by atomic mass is 16.6. The second-order valence-corrected chi connectivity index (χ2v) is 5.75. The summed E-state index contributed by atoms with van der Waals surface area (Å²) >= 11 is 0. The molecule has 1 atom stereocenters. The number of hydrogen-bond donors (Lipinski definition) is 0. The smallest absolute Gasteiger partial charge is 0.323 e. The van der Waals surface area contributed by atoms with Gasteiger partial charge in [-0.05, 0) is 38.2 Å². The average Bonchev–Trinajstić information content (AvgIpc) is 2.78. The maximum absolute atomic E-state index is 12.3. The number of allylic oxidation sites excluding steroid dienone is 2. The van der Waals surface area contributed by atoms with Gasteiger partial charge in [0.15, 0.2) is 11.2 Å². The number of ether oxygens (including phenoxy) is 2. The van der Waals surface area contributed by atoms with Gasteiger partial charge in [-0.3, -0.25) is 14.4 Å². The summed E-state index contributed by atoms with van der Waals surface area (Å²) in [6.07, 6.45) is 2.44. The maximum Gasteiger partial charge on any atom is 0.323 e. The van der Waals surface area contributed by atoms with Crippen molar-refractivity contribution < 1.29 is 23.9 Å². The van der Waals surface area contributed by atoms with Crippen LogP contribution in [0.5, 0.6) is 0 Å². The molecule has 1 fully saturated rings. The molecule has 0 heterocycles. The molecule has 5 heteroatoms. The second-order valence-electron chi connectivity index (χ2n) is 5.75. The van der Waals surface area contributed by atoms with E-state index in [1.54, 1.807) is 19.9 Å². The first kappa shape index (κ1) is 14.8. The van der Waals surface area contributed by atoms with Crippen LogP contribution < -0.4 is 0 Å². The summed E-state index contributed by atoms with van der Waals surface area (Å²) in [6.45, 7) is 5.77. The van der Waals surface area contributed by atoms with Gasteiger partial charge in [0.1, 0.15) is 0 Å². The molecule has 0 radical (unpaired) electrons. The Bertz CT molecular complexity index is 472. The van der Waals surface area contributed by atoms with E-state index in [0.29, 0.717) is 6.42 Å². The van der Waals surface area contributed by atoms with Crippen molar-refractivity contribution in [2.45, 2.75) is 40.0 Å². The molecule has 1 saturated carbocycles. The highest BCUT2D eigenvalue weighted by molar-refractivity contribution is 6.03. The molecule has 2 rings (SSSR count). The molecule has 110 valence electrons. The Labute approximate surface area is 118 Å². The molecule has 0 bridgehead atoms. The number of ketones is 1. The fourth-order valence-electron chi connectivity index (χ4n) is 3.32. The van der Waals surface area contributed by atoms with E-state index in [0.717, 1.165) is 5.57 Å². The van der Waals surface area contributed by atoms with Gasteiger partial charge in [-0.25, -0.2) is 0 Å². The van der Waals surface area contributed by atoms with Crippen LogP contribution >= 0.6 is 0 Å². The molecule has 0 aliphatic heterocycles. The molecule has 0 saturated heterocycles. The second kappa shape index (κ2) is 5.04. The van der Waals surface area contributed by atoms with E-state index in [-0.39, 0.29) is 31.8 Å². The molecule has 0 aromatic heterocycles. The normalized spacial score (nSPS) is 26.9. The maximum atomic E-state index is 12.3. The van der Waals surface area contributed by atoms with E-state index in [9.17, 15) is 14.4 Å². The summed E-state index contributed by atoms with van der Waals surface area (Å²) in [5.74, 6) is -1.02. The van der Waals surface area contributed by atoms with Gasteiger partial charge in [-0.15, -0.1) is 0 Å². The van der Waals surface area contributed by atoms with Gasteiger partial charge in [0.25, 0.3) is 0 Å². The van der Waals surface area contributed by atoms with Gasteiger partial charge in [-0.2, -0.15) is 0 Å². The van der Waals surface area contributed by atoms with Crippen LogP contribution in [0, 0.1) is 10.8 Å². The van der Waals surface area contributed by atoms with Crippen LogP contribution in [0.3, 0.4) is 0 Å². The van der Waals surface area contributed by atoms with Crippen LogP contribution in [0.1, 0.15) is 40.0 Å². The summed E-state index contributed by atoms with van der Waals surface area (Å²) in [6, 6.07) is 0. The lowest BCUT2D eigenvalue weighted by Gasteiger charge is -2.26. The summed E-state index contributed by atoms with van der Waals surface area (Å²) in [5, 5.41) is 0. The molecule has 0 spiro atoms. The van der Waals surface area contributed by atoms with Crippen LogP contribution in [0.25, 0.3) is 0 Å². The van der Waals surface area contributed by atoms with Gasteiger partial charge < -0.3 is 9.47 Å². The van der Waals surface area contributed by atoms with E-state index >= 15 is 0 Å². The lowest BCUT2D eigenvalue weighted by molar-refractivity contribution is -0.172. The third-order valence-corrected chi connectivity index (χ3v) is 4.19. The Balaban J connectivity index is 2.36. The van der Waals surface area contributed by atoms with Gasteiger partial charge in [-0.1, -0.05) is 12.5 Å². The van der Waals surface area contributed by atoms with Gasteiger partial charge in [0, 0.05) is 6.42 Å². The largest absolute Gasteiger partial charge is 0.465 e. The standard InChI is InChI=1S/C15H20O5/c1-4-19-12(17)15(13(18)20-5-2)7-10-6-11(16)8-14(10,3)9-15/h6H,4-5,7-9H2,1-3H3/t14-/m0/s1. The SMILES string of the molecule is CCOC(=O)C1(C(=O)OCC)CC2=CC(=O)C[C@@]2(C)C1. The van der Waals surface area contributed by atoms with E-state index in [2.05, 4.69) is 0 Å². The first-order valence-electron chi connectivity index (χ1n) is 6.96. The van der Waals surface area contributed by atoms with E-state index in [1.807, 2.05) is 6.92 Å². The lowest BCUT2D eigenvalue weighted by atomic mass is 9.79. The summed E-state index contributed by atoms with van der Waals surface area (Å²) in [5.41, 5.74) is -0.840. The Hall–Kier alpha value is -1.65. The van der Waals surface area contributed by atoms with Crippen molar-refractivity contribution in [2.75, 3.05) is 13.2 Å². The van der Waals surface area contributed by atoms with Crippen molar-refractivity contribution >= 4 is 17.7 Å². The minimum Gasteiger partial charge on any atom is -0.465 e. The molecule has 0 unspecified atom stereocenters. The van der Waals surface area contributed by atoms with Gasteiger partial charge in [0.05, 0.1) is 13.2 Å². The van der Waals surface area contributed by atoms with Crippen LogP contribution in [-0.2, 0) is 23.9 Å². The first-order chi connectivity index (χ1) is 9.38. The minimum absolute atomic E-state index is 0.0591. The predicted octanol–water partition coefficient (Wildman–Crippen LogP) is 1.80. The monoisotopic (exact) mass is 280 g/mol. The van der Waals surface area contributed by atoms with Crippen LogP contribution in [-0.4, -0.2) is 30.9 Å². The third kappa shape index (κ3) is 2.15. The van der Waals surface area contributed by atoms with Crippen LogP contribution in [0.2, 0.25) is 0 Å².